The molecule has 3 rings (SSSR count). The highest BCUT2D eigenvalue weighted by Gasteiger charge is 2.49. The summed E-state index contributed by atoms with van der Waals surface area (Å²) in [4.78, 5) is 18.6. The molecule has 2 aromatic carbocycles. The smallest absolute Gasteiger partial charge is 0.266 e. The van der Waals surface area contributed by atoms with Crippen LogP contribution in [-0.4, -0.2) is 28.9 Å². The lowest BCUT2D eigenvalue weighted by atomic mass is 9.83. The number of rotatable bonds is 2. The number of guanidine groups is 1. The first kappa shape index (κ1) is 13.2. The Kier molecular flexibility index (Phi) is 2.90. The summed E-state index contributed by atoms with van der Waals surface area (Å²) >= 11 is 0. The van der Waals surface area contributed by atoms with Gasteiger partial charge in [0, 0.05) is 7.05 Å². The SMILES string of the molecule is CN1C(=O)C(c2ccccc2)(c2cccc(O)c2)N=C1N. The number of likely N-dealkylation sites (N-methyl/N-ethyl adjacent to an activating group) is 1. The highest BCUT2D eigenvalue weighted by molar-refractivity contribution is 6.08. The molecule has 3 N–H and O–H groups in total. The quantitative estimate of drug-likeness (QED) is 0.873. The lowest BCUT2D eigenvalue weighted by Gasteiger charge is -2.26. The summed E-state index contributed by atoms with van der Waals surface area (Å²) in [6, 6.07) is 15.8. The number of amides is 1. The van der Waals surface area contributed by atoms with Crippen LogP contribution in [0.3, 0.4) is 0 Å². The van der Waals surface area contributed by atoms with Gasteiger partial charge in [0.1, 0.15) is 5.75 Å². The maximum absolute atomic E-state index is 12.8. The first-order valence-corrected chi connectivity index (χ1v) is 6.54. The van der Waals surface area contributed by atoms with Crippen molar-refractivity contribution < 1.29 is 9.90 Å². The number of nitrogens with zero attached hydrogens (tertiary/aromatic N) is 2. The van der Waals surface area contributed by atoms with Crippen molar-refractivity contribution in [2.24, 2.45) is 10.7 Å². The molecule has 0 radical (unpaired) electrons. The van der Waals surface area contributed by atoms with Crippen LogP contribution < -0.4 is 5.73 Å². The third-order valence-electron chi connectivity index (χ3n) is 3.70. The Morgan fingerprint density at radius 3 is 2.33 bits per heavy atom. The molecule has 1 aliphatic heterocycles. The van der Waals surface area contributed by atoms with E-state index in [1.165, 1.54) is 4.90 Å². The van der Waals surface area contributed by atoms with Crippen molar-refractivity contribution in [3.8, 4) is 5.75 Å². The second-order valence-corrected chi connectivity index (χ2v) is 4.96. The van der Waals surface area contributed by atoms with E-state index in [-0.39, 0.29) is 17.6 Å². The van der Waals surface area contributed by atoms with Crippen molar-refractivity contribution in [3.63, 3.8) is 0 Å². The highest BCUT2D eigenvalue weighted by Crippen LogP contribution is 2.39. The average molecular weight is 281 g/mol. The zero-order valence-corrected chi connectivity index (χ0v) is 11.5. The number of hydrogen-bond donors (Lipinski definition) is 2. The summed E-state index contributed by atoms with van der Waals surface area (Å²) in [6.07, 6.45) is 0. The van der Waals surface area contributed by atoms with Crippen LogP contribution in [0.25, 0.3) is 0 Å². The molecule has 2 aromatic rings. The summed E-state index contributed by atoms with van der Waals surface area (Å²) < 4.78 is 0. The number of hydrogen-bond acceptors (Lipinski definition) is 4. The van der Waals surface area contributed by atoms with Crippen LogP contribution in [0.5, 0.6) is 5.75 Å². The van der Waals surface area contributed by atoms with E-state index in [0.29, 0.717) is 11.1 Å². The van der Waals surface area contributed by atoms with Gasteiger partial charge in [0.25, 0.3) is 5.91 Å². The van der Waals surface area contributed by atoms with Crippen molar-refractivity contribution in [1.29, 1.82) is 0 Å². The molecule has 0 bridgehead atoms. The second-order valence-electron chi connectivity index (χ2n) is 4.96. The fraction of sp³-hybridized carbons (Fsp3) is 0.125. The largest absolute Gasteiger partial charge is 0.508 e. The summed E-state index contributed by atoms with van der Waals surface area (Å²) in [5.41, 5.74) is 5.92. The molecule has 0 fully saturated rings. The lowest BCUT2D eigenvalue weighted by molar-refractivity contribution is -0.129. The van der Waals surface area contributed by atoms with E-state index in [0.717, 1.165) is 0 Å². The first-order valence-electron chi connectivity index (χ1n) is 6.54. The van der Waals surface area contributed by atoms with E-state index < -0.39 is 5.54 Å². The number of phenolic OH excluding ortho intramolecular Hbond substituents is 1. The molecule has 5 nitrogen and oxygen atoms in total. The third kappa shape index (κ3) is 1.86. The number of aromatic hydroxyl groups is 1. The summed E-state index contributed by atoms with van der Waals surface area (Å²) in [5.74, 6) is 0.00271. The Labute approximate surface area is 122 Å². The van der Waals surface area contributed by atoms with Gasteiger partial charge in [0.05, 0.1) is 0 Å². The molecule has 21 heavy (non-hydrogen) atoms. The number of benzene rings is 2. The van der Waals surface area contributed by atoms with E-state index >= 15 is 0 Å². The number of carbonyl (C=O) groups excluding carboxylic acids is 1. The summed E-state index contributed by atoms with van der Waals surface area (Å²) in [5, 5.41) is 9.75. The predicted octanol–water partition coefficient (Wildman–Crippen LogP) is 1.42. The van der Waals surface area contributed by atoms with E-state index in [1.807, 2.05) is 30.3 Å². The van der Waals surface area contributed by atoms with Gasteiger partial charge in [-0.05, 0) is 23.3 Å². The zero-order valence-electron chi connectivity index (χ0n) is 11.5. The molecular weight excluding hydrogens is 266 g/mol. The average Bonchev–Trinajstić information content (AvgIpc) is 2.73. The number of carbonyl (C=O) groups is 1. The molecule has 1 aliphatic rings. The monoisotopic (exact) mass is 281 g/mol. The van der Waals surface area contributed by atoms with Crippen molar-refractivity contribution in [2.45, 2.75) is 5.54 Å². The van der Waals surface area contributed by atoms with Gasteiger partial charge in [0.15, 0.2) is 11.5 Å². The Hall–Kier alpha value is -2.82. The Morgan fingerprint density at radius 1 is 1.10 bits per heavy atom. The van der Waals surface area contributed by atoms with Crippen LogP contribution in [-0.2, 0) is 10.3 Å². The van der Waals surface area contributed by atoms with Crippen molar-refractivity contribution in [1.82, 2.24) is 4.90 Å². The normalized spacial score (nSPS) is 21.5. The maximum atomic E-state index is 12.8. The predicted molar refractivity (Wildman–Crippen MR) is 79.7 cm³/mol. The molecule has 106 valence electrons. The molecule has 0 aromatic heterocycles. The Bertz CT molecular complexity index is 727. The van der Waals surface area contributed by atoms with Crippen LogP contribution >= 0.6 is 0 Å². The molecule has 0 saturated carbocycles. The summed E-state index contributed by atoms with van der Waals surface area (Å²) in [7, 11) is 1.59. The maximum Gasteiger partial charge on any atom is 0.266 e. The van der Waals surface area contributed by atoms with Gasteiger partial charge in [0.2, 0.25) is 0 Å². The second kappa shape index (κ2) is 4.63. The first-order chi connectivity index (χ1) is 10.1. The van der Waals surface area contributed by atoms with Gasteiger partial charge in [-0.15, -0.1) is 0 Å². The molecule has 1 atom stereocenters. The van der Waals surface area contributed by atoms with Crippen molar-refractivity contribution in [3.05, 3.63) is 65.7 Å². The van der Waals surface area contributed by atoms with E-state index in [4.69, 9.17) is 5.73 Å². The fourth-order valence-electron chi connectivity index (χ4n) is 2.59. The number of phenols is 1. The molecular formula is C16H15N3O2. The van der Waals surface area contributed by atoms with Crippen LogP contribution in [0.1, 0.15) is 11.1 Å². The minimum atomic E-state index is -1.24. The van der Waals surface area contributed by atoms with Crippen LogP contribution in [0.2, 0.25) is 0 Å². The topological polar surface area (TPSA) is 78.9 Å². The molecule has 0 spiro atoms. The highest BCUT2D eigenvalue weighted by atomic mass is 16.3. The van der Waals surface area contributed by atoms with E-state index in [1.54, 1.807) is 31.3 Å². The fourth-order valence-corrected chi connectivity index (χ4v) is 2.59. The lowest BCUT2D eigenvalue weighted by Crippen LogP contribution is -2.41. The molecule has 0 saturated heterocycles. The van der Waals surface area contributed by atoms with Gasteiger partial charge in [-0.25, -0.2) is 4.99 Å². The van der Waals surface area contributed by atoms with Gasteiger partial charge in [-0.1, -0.05) is 42.5 Å². The third-order valence-corrected chi connectivity index (χ3v) is 3.70. The van der Waals surface area contributed by atoms with Crippen molar-refractivity contribution in [2.75, 3.05) is 7.05 Å². The zero-order chi connectivity index (χ0) is 15.0. The number of aliphatic imine (C=N–C) groups is 1. The number of nitrogens with two attached hydrogens (primary N) is 1. The van der Waals surface area contributed by atoms with Gasteiger partial charge in [-0.2, -0.15) is 0 Å². The molecule has 5 heteroatoms. The van der Waals surface area contributed by atoms with Gasteiger partial charge in [-0.3, -0.25) is 9.69 Å². The molecule has 1 heterocycles. The summed E-state index contributed by atoms with van der Waals surface area (Å²) in [6.45, 7) is 0. The van der Waals surface area contributed by atoms with Crippen LogP contribution in [0.15, 0.2) is 59.6 Å². The Morgan fingerprint density at radius 2 is 1.76 bits per heavy atom. The molecule has 1 unspecified atom stereocenters. The van der Waals surface area contributed by atoms with E-state index in [2.05, 4.69) is 4.99 Å². The van der Waals surface area contributed by atoms with E-state index in [9.17, 15) is 9.90 Å². The van der Waals surface area contributed by atoms with Gasteiger partial charge >= 0.3 is 0 Å². The van der Waals surface area contributed by atoms with Crippen LogP contribution in [0, 0.1) is 0 Å². The molecule has 1 amide bonds. The Balaban J connectivity index is 2.30. The van der Waals surface area contributed by atoms with Gasteiger partial charge < -0.3 is 10.8 Å². The standard InChI is InChI=1S/C16H15N3O2/c1-19-14(21)16(18-15(19)17,11-6-3-2-4-7-11)12-8-5-9-13(20)10-12/h2-10,20H,1H3,(H2,17,18). The minimum absolute atomic E-state index is 0.0823. The van der Waals surface area contributed by atoms with Crippen molar-refractivity contribution >= 4 is 11.9 Å². The van der Waals surface area contributed by atoms with Crippen LogP contribution in [0.4, 0.5) is 0 Å². The minimum Gasteiger partial charge on any atom is -0.508 e. The molecule has 0 aliphatic carbocycles.